The van der Waals surface area contributed by atoms with Crippen molar-refractivity contribution in [2.45, 2.75) is 39.2 Å². The van der Waals surface area contributed by atoms with E-state index in [2.05, 4.69) is 24.1 Å². The fourth-order valence-corrected chi connectivity index (χ4v) is 2.04. The Labute approximate surface area is 122 Å². The average Bonchev–Trinajstić information content (AvgIpc) is 2.26. The Bertz CT molecular complexity index is 296. The number of carboxylic acid groups (broad SMARTS) is 1. The summed E-state index contributed by atoms with van der Waals surface area (Å²) >= 11 is 0. The van der Waals surface area contributed by atoms with Crippen LogP contribution in [0.5, 0.6) is 0 Å². The smallest absolute Gasteiger partial charge is 0.317 e. The summed E-state index contributed by atoms with van der Waals surface area (Å²) in [6.45, 7) is 5.51. The molecule has 20 heavy (non-hydrogen) atoms. The van der Waals surface area contributed by atoms with E-state index in [4.69, 9.17) is 5.11 Å². The van der Waals surface area contributed by atoms with Crippen LogP contribution in [0.1, 0.15) is 33.1 Å². The second-order valence-corrected chi connectivity index (χ2v) is 5.96. The summed E-state index contributed by atoms with van der Waals surface area (Å²) in [5.41, 5.74) is 0. The number of aliphatic carboxylic acids is 1. The predicted octanol–water partition coefficient (Wildman–Crippen LogP) is 1.47. The maximum absolute atomic E-state index is 12.0. The van der Waals surface area contributed by atoms with E-state index in [1.165, 1.54) is 0 Å². The number of nitrogens with one attached hydrogen (secondary N) is 1. The van der Waals surface area contributed by atoms with E-state index >= 15 is 0 Å². The van der Waals surface area contributed by atoms with Crippen LogP contribution < -0.4 is 5.32 Å². The number of rotatable bonds is 9. The summed E-state index contributed by atoms with van der Waals surface area (Å²) in [5, 5.41) is 11.6. The molecule has 0 rings (SSSR count). The summed E-state index contributed by atoms with van der Waals surface area (Å²) in [6, 6.07) is -0.0256. The number of amides is 2. The summed E-state index contributed by atoms with van der Waals surface area (Å²) in [4.78, 5) is 26.1. The van der Waals surface area contributed by atoms with Crippen LogP contribution in [0, 0.1) is 5.92 Å². The highest BCUT2D eigenvalue weighted by molar-refractivity contribution is 5.74. The van der Waals surface area contributed by atoms with E-state index < -0.39 is 5.97 Å². The summed E-state index contributed by atoms with van der Waals surface area (Å²) in [7, 11) is 5.66. The molecular formula is C14H29N3O3. The lowest BCUT2D eigenvalue weighted by Crippen LogP contribution is -2.47. The molecule has 0 aliphatic heterocycles. The Hall–Kier alpha value is -1.30. The molecule has 0 aliphatic carbocycles. The molecule has 0 aromatic rings. The van der Waals surface area contributed by atoms with Crippen LogP contribution in [0.15, 0.2) is 0 Å². The quantitative estimate of drug-likeness (QED) is 0.673. The SMILES string of the molecule is CC(C)CC(CN(C)C)NC(=O)N(C)CCCC(=O)O. The molecule has 0 saturated carbocycles. The Morgan fingerprint density at radius 2 is 1.80 bits per heavy atom. The number of nitrogens with zero attached hydrogens (tertiary/aromatic N) is 2. The topological polar surface area (TPSA) is 72.9 Å². The van der Waals surface area contributed by atoms with Gasteiger partial charge in [0.25, 0.3) is 0 Å². The van der Waals surface area contributed by atoms with Gasteiger partial charge in [0.15, 0.2) is 0 Å². The molecule has 0 radical (unpaired) electrons. The number of hydrogen-bond donors (Lipinski definition) is 2. The van der Waals surface area contributed by atoms with Crippen molar-refractivity contribution in [1.29, 1.82) is 0 Å². The van der Waals surface area contributed by atoms with Gasteiger partial charge in [-0.1, -0.05) is 13.8 Å². The zero-order valence-electron chi connectivity index (χ0n) is 13.3. The van der Waals surface area contributed by atoms with E-state index in [9.17, 15) is 9.59 Å². The van der Waals surface area contributed by atoms with Crippen LogP contribution in [0.4, 0.5) is 4.79 Å². The molecule has 118 valence electrons. The summed E-state index contributed by atoms with van der Waals surface area (Å²) in [6.07, 6.45) is 1.49. The number of carbonyl (C=O) groups is 2. The third-order valence-electron chi connectivity index (χ3n) is 2.90. The van der Waals surface area contributed by atoms with E-state index in [1.54, 1.807) is 11.9 Å². The van der Waals surface area contributed by atoms with Gasteiger partial charge in [0.1, 0.15) is 0 Å². The molecule has 1 unspecified atom stereocenters. The fraction of sp³-hybridized carbons (Fsp3) is 0.857. The van der Waals surface area contributed by atoms with Crippen molar-refractivity contribution in [2.24, 2.45) is 5.92 Å². The Morgan fingerprint density at radius 1 is 1.20 bits per heavy atom. The Balaban J connectivity index is 4.24. The van der Waals surface area contributed by atoms with Gasteiger partial charge in [0.05, 0.1) is 0 Å². The molecule has 0 fully saturated rings. The predicted molar refractivity (Wildman–Crippen MR) is 79.8 cm³/mol. The van der Waals surface area contributed by atoms with Crippen molar-refractivity contribution in [3.05, 3.63) is 0 Å². The molecule has 6 heteroatoms. The van der Waals surface area contributed by atoms with Gasteiger partial charge in [-0.15, -0.1) is 0 Å². The van der Waals surface area contributed by atoms with Gasteiger partial charge in [-0.2, -0.15) is 0 Å². The van der Waals surface area contributed by atoms with Crippen LogP contribution in [0.25, 0.3) is 0 Å². The molecule has 0 aliphatic rings. The molecule has 0 saturated heterocycles. The molecular weight excluding hydrogens is 258 g/mol. The van der Waals surface area contributed by atoms with E-state index in [1.807, 2.05) is 14.1 Å². The minimum atomic E-state index is -0.830. The largest absolute Gasteiger partial charge is 0.481 e. The van der Waals surface area contributed by atoms with Gasteiger partial charge in [-0.3, -0.25) is 4.79 Å². The van der Waals surface area contributed by atoms with Crippen molar-refractivity contribution < 1.29 is 14.7 Å². The lowest BCUT2D eigenvalue weighted by Gasteiger charge is -2.26. The number of carboxylic acids is 1. The zero-order chi connectivity index (χ0) is 15.7. The first-order chi connectivity index (χ1) is 9.22. The van der Waals surface area contributed by atoms with Crippen molar-refractivity contribution in [3.8, 4) is 0 Å². The normalized spacial score (nSPS) is 12.6. The molecule has 0 spiro atoms. The monoisotopic (exact) mass is 287 g/mol. The van der Waals surface area contributed by atoms with Gasteiger partial charge >= 0.3 is 12.0 Å². The molecule has 0 bridgehead atoms. The summed E-state index contributed by atoms with van der Waals surface area (Å²) < 4.78 is 0. The zero-order valence-corrected chi connectivity index (χ0v) is 13.3. The van der Waals surface area contributed by atoms with Crippen molar-refractivity contribution in [1.82, 2.24) is 15.1 Å². The fourth-order valence-electron chi connectivity index (χ4n) is 2.04. The number of likely N-dealkylation sites (N-methyl/N-ethyl adjacent to an activating group) is 1. The summed E-state index contributed by atoms with van der Waals surface area (Å²) in [5.74, 6) is -0.318. The Kier molecular flexibility index (Phi) is 8.96. The second kappa shape index (κ2) is 9.58. The van der Waals surface area contributed by atoms with Crippen LogP contribution in [0.2, 0.25) is 0 Å². The first-order valence-electron chi connectivity index (χ1n) is 7.10. The first-order valence-corrected chi connectivity index (χ1v) is 7.10. The van der Waals surface area contributed by atoms with E-state index in [0.29, 0.717) is 18.9 Å². The molecule has 0 heterocycles. The van der Waals surface area contributed by atoms with Crippen molar-refractivity contribution in [3.63, 3.8) is 0 Å². The highest BCUT2D eigenvalue weighted by atomic mass is 16.4. The van der Waals surface area contributed by atoms with Crippen LogP contribution in [-0.4, -0.2) is 67.2 Å². The van der Waals surface area contributed by atoms with Crippen LogP contribution >= 0.6 is 0 Å². The van der Waals surface area contributed by atoms with Gasteiger partial charge in [0, 0.05) is 32.6 Å². The van der Waals surface area contributed by atoms with Crippen LogP contribution in [0.3, 0.4) is 0 Å². The van der Waals surface area contributed by atoms with Crippen LogP contribution in [-0.2, 0) is 4.79 Å². The third-order valence-corrected chi connectivity index (χ3v) is 2.90. The van der Waals surface area contributed by atoms with Crippen molar-refractivity contribution >= 4 is 12.0 Å². The van der Waals surface area contributed by atoms with E-state index in [-0.39, 0.29) is 18.5 Å². The lowest BCUT2D eigenvalue weighted by molar-refractivity contribution is -0.137. The minimum Gasteiger partial charge on any atom is -0.481 e. The Morgan fingerprint density at radius 3 is 2.25 bits per heavy atom. The van der Waals surface area contributed by atoms with E-state index in [0.717, 1.165) is 13.0 Å². The molecule has 6 nitrogen and oxygen atoms in total. The molecule has 2 N–H and O–H groups in total. The number of carbonyl (C=O) groups excluding carboxylic acids is 1. The van der Waals surface area contributed by atoms with Gasteiger partial charge in [-0.25, -0.2) is 4.79 Å². The third kappa shape index (κ3) is 9.61. The van der Waals surface area contributed by atoms with Gasteiger partial charge < -0.3 is 20.2 Å². The molecule has 2 amide bonds. The second-order valence-electron chi connectivity index (χ2n) is 5.96. The minimum absolute atomic E-state index is 0.0880. The van der Waals surface area contributed by atoms with Gasteiger partial charge in [0.2, 0.25) is 0 Å². The number of hydrogen-bond acceptors (Lipinski definition) is 3. The molecule has 0 aromatic carbocycles. The maximum Gasteiger partial charge on any atom is 0.317 e. The first kappa shape index (κ1) is 18.7. The maximum atomic E-state index is 12.0. The average molecular weight is 287 g/mol. The highest BCUT2D eigenvalue weighted by Crippen LogP contribution is 2.06. The highest BCUT2D eigenvalue weighted by Gasteiger charge is 2.17. The van der Waals surface area contributed by atoms with Gasteiger partial charge in [-0.05, 0) is 32.9 Å². The lowest BCUT2D eigenvalue weighted by atomic mass is 10.0. The van der Waals surface area contributed by atoms with Crippen molar-refractivity contribution in [2.75, 3.05) is 34.2 Å². The standard InChI is InChI=1S/C14H29N3O3/c1-11(2)9-12(10-16(3)4)15-14(20)17(5)8-6-7-13(18)19/h11-12H,6-10H2,1-5H3,(H,15,20)(H,18,19). The molecule has 0 aromatic heterocycles. The molecule has 1 atom stereocenters. The number of urea groups is 1.